The third-order valence-electron chi connectivity index (χ3n) is 2.11. The molecule has 0 radical (unpaired) electrons. The van der Waals surface area contributed by atoms with Gasteiger partial charge in [0.25, 0.3) is 0 Å². The van der Waals surface area contributed by atoms with Gasteiger partial charge in [-0.05, 0) is 19.3 Å². The molecule has 1 aliphatic rings. The van der Waals surface area contributed by atoms with Gasteiger partial charge in [-0.25, -0.2) is 0 Å². The largest absolute Gasteiger partial charge is 0.384 e. The molecule has 0 aromatic rings. The van der Waals surface area contributed by atoms with Crippen LogP contribution in [-0.4, -0.2) is 31.2 Å². The molecule has 84 valence electrons. The zero-order valence-corrected chi connectivity index (χ0v) is 8.95. The molecule has 3 heteroatoms. The lowest BCUT2D eigenvalue weighted by molar-refractivity contribution is -0.155. The Labute approximate surface area is 91.1 Å². The van der Waals surface area contributed by atoms with Gasteiger partial charge in [-0.3, -0.25) is 0 Å². The van der Waals surface area contributed by atoms with Crippen LogP contribution in [0, 0.1) is 11.8 Å². The van der Waals surface area contributed by atoms with Gasteiger partial charge in [0, 0.05) is 13.0 Å². The number of ether oxygens (including phenoxy) is 2. The summed E-state index contributed by atoms with van der Waals surface area (Å²) in [5.74, 6) is 5.38. The number of aliphatic hydroxyl groups excluding tert-OH is 1. The van der Waals surface area contributed by atoms with E-state index in [-0.39, 0.29) is 12.9 Å². The summed E-state index contributed by atoms with van der Waals surface area (Å²) >= 11 is 0. The molecule has 1 N–H and O–H groups in total. The van der Waals surface area contributed by atoms with Crippen molar-refractivity contribution >= 4 is 0 Å². The lowest BCUT2D eigenvalue weighted by atomic mass is 10.2. The standard InChI is InChI=1S/C12H18O3/c13-9-5-2-1-3-6-10-14-12-8-4-7-11-15-12/h3,6,12-13H,1,4,7-11H2/b6-3+. The number of allylic oxidation sites excluding steroid dienone is 1. The predicted octanol–water partition coefficient (Wildman–Crippen LogP) is 1.47. The monoisotopic (exact) mass is 210 g/mol. The molecule has 0 bridgehead atoms. The second-order valence-corrected chi connectivity index (χ2v) is 3.32. The van der Waals surface area contributed by atoms with Gasteiger partial charge >= 0.3 is 0 Å². The fraction of sp³-hybridized carbons (Fsp3) is 0.667. The molecule has 0 aliphatic carbocycles. The second kappa shape index (κ2) is 8.49. The molecular formula is C12H18O3. The Morgan fingerprint density at radius 3 is 3.00 bits per heavy atom. The Balaban J connectivity index is 1.99. The topological polar surface area (TPSA) is 38.7 Å². The average molecular weight is 210 g/mol. The van der Waals surface area contributed by atoms with E-state index in [0.717, 1.165) is 19.4 Å². The maximum atomic E-state index is 8.40. The van der Waals surface area contributed by atoms with Crippen LogP contribution in [0.4, 0.5) is 0 Å². The molecule has 0 aromatic heterocycles. The van der Waals surface area contributed by atoms with E-state index >= 15 is 0 Å². The third-order valence-corrected chi connectivity index (χ3v) is 2.11. The second-order valence-electron chi connectivity index (χ2n) is 3.32. The van der Waals surface area contributed by atoms with Gasteiger partial charge in [-0.2, -0.15) is 0 Å². The van der Waals surface area contributed by atoms with Crippen molar-refractivity contribution in [2.24, 2.45) is 0 Å². The number of hydrogen-bond donors (Lipinski definition) is 1. The third kappa shape index (κ3) is 6.29. The van der Waals surface area contributed by atoms with Crippen molar-refractivity contribution in [3.05, 3.63) is 12.2 Å². The molecule has 1 fully saturated rings. The SMILES string of the molecule is OCC#CC/C=C/COC1CCCCO1. The Kier molecular flexibility index (Phi) is 6.93. The van der Waals surface area contributed by atoms with Crippen LogP contribution in [0.2, 0.25) is 0 Å². The maximum Gasteiger partial charge on any atom is 0.157 e. The van der Waals surface area contributed by atoms with Gasteiger partial charge in [-0.15, -0.1) is 0 Å². The summed E-state index contributed by atoms with van der Waals surface area (Å²) in [5.41, 5.74) is 0. The molecule has 1 atom stereocenters. The summed E-state index contributed by atoms with van der Waals surface area (Å²) in [6.45, 7) is 1.32. The Hall–Kier alpha value is -0.820. The molecule has 1 unspecified atom stereocenters. The van der Waals surface area contributed by atoms with Crippen molar-refractivity contribution in [3.8, 4) is 11.8 Å². The molecular weight excluding hydrogens is 192 g/mol. The van der Waals surface area contributed by atoms with Crippen LogP contribution in [0.5, 0.6) is 0 Å². The zero-order chi connectivity index (χ0) is 10.8. The highest BCUT2D eigenvalue weighted by molar-refractivity contribution is 5.04. The van der Waals surface area contributed by atoms with E-state index in [1.807, 2.05) is 12.2 Å². The molecule has 1 rings (SSSR count). The summed E-state index contributed by atoms with van der Waals surface area (Å²) in [6.07, 6.45) is 7.85. The Morgan fingerprint density at radius 1 is 1.33 bits per heavy atom. The highest BCUT2D eigenvalue weighted by Gasteiger charge is 2.12. The number of aliphatic hydroxyl groups is 1. The van der Waals surface area contributed by atoms with Crippen LogP contribution in [0.25, 0.3) is 0 Å². The van der Waals surface area contributed by atoms with E-state index in [2.05, 4.69) is 11.8 Å². The van der Waals surface area contributed by atoms with Crippen molar-refractivity contribution in [1.29, 1.82) is 0 Å². The molecule has 0 saturated carbocycles. The lowest BCUT2D eigenvalue weighted by Crippen LogP contribution is -2.22. The van der Waals surface area contributed by atoms with Crippen LogP contribution in [0.15, 0.2) is 12.2 Å². The van der Waals surface area contributed by atoms with Crippen molar-refractivity contribution in [1.82, 2.24) is 0 Å². The minimum Gasteiger partial charge on any atom is -0.384 e. The maximum absolute atomic E-state index is 8.40. The first-order valence-electron chi connectivity index (χ1n) is 5.38. The number of rotatable bonds is 4. The van der Waals surface area contributed by atoms with Gasteiger partial charge < -0.3 is 14.6 Å². The van der Waals surface area contributed by atoms with Crippen molar-refractivity contribution in [2.45, 2.75) is 32.0 Å². The first kappa shape index (κ1) is 12.3. The van der Waals surface area contributed by atoms with Crippen molar-refractivity contribution in [2.75, 3.05) is 19.8 Å². The predicted molar refractivity (Wildman–Crippen MR) is 58.2 cm³/mol. The lowest BCUT2D eigenvalue weighted by Gasteiger charge is -2.21. The minimum atomic E-state index is -0.0692. The fourth-order valence-electron chi connectivity index (χ4n) is 1.34. The summed E-state index contributed by atoms with van der Waals surface area (Å²) in [4.78, 5) is 0. The van der Waals surface area contributed by atoms with Crippen molar-refractivity contribution in [3.63, 3.8) is 0 Å². The minimum absolute atomic E-state index is 0.0214. The molecule has 0 aromatic carbocycles. The molecule has 1 aliphatic heterocycles. The summed E-state index contributed by atoms with van der Waals surface area (Å²) < 4.78 is 10.9. The molecule has 0 spiro atoms. The fourth-order valence-corrected chi connectivity index (χ4v) is 1.34. The average Bonchev–Trinajstić information content (AvgIpc) is 2.29. The number of hydrogen-bond acceptors (Lipinski definition) is 3. The van der Waals surface area contributed by atoms with Gasteiger partial charge in [0.2, 0.25) is 0 Å². The summed E-state index contributed by atoms with van der Waals surface area (Å²) in [7, 11) is 0. The smallest absolute Gasteiger partial charge is 0.157 e. The van der Waals surface area contributed by atoms with Crippen LogP contribution in [0.3, 0.4) is 0 Å². The van der Waals surface area contributed by atoms with Crippen molar-refractivity contribution < 1.29 is 14.6 Å². The van der Waals surface area contributed by atoms with E-state index in [1.54, 1.807) is 0 Å². The van der Waals surface area contributed by atoms with E-state index in [4.69, 9.17) is 14.6 Å². The van der Waals surface area contributed by atoms with Crippen LogP contribution < -0.4 is 0 Å². The molecule has 3 nitrogen and oxygen atoms in total. The Morgan fingerprint density at radius 2 is 2.27 bits per heavy atom. The molecule has 1 saturated heterocycles. The van der Waals surface area contributed by atoms with E-state index in [9.17, 15) is 0 Å². The quantitative estimate of drug-likeness (QED) is 0.564. The summed E-state index contributed by atoms with van der Waals surface area (Å²) in [6, 6.07) is 0. The molecule has 15 heavy (non-hydrogen) atoms. The Bertz CT molecular complexity index is 231. The van der Waals surface area contributed by atoms with Gasteiger partial charge in [0.15, 0.2) is 6.29 Å². The zero-order valence-electron chi connectivity index (χ0n) is 8.95. The molecule has 1 heterocycles. The van der Waals surface area contributed by atoms with Crippen LogP contribution in [0.1, 0.15) is 25.7 Å². The first-order chi connectivity index (χ1) is 7.43. The van der Waals surface area contributed by atoms with E-state index in [1.165, 1.54) is 6.42 Å². The van der Waals surface area contributed by atoms with Crippen LogP contribution in [-0.2, 0) is 9.47 Å². The van der Waals surface area contributed by atoms with Gasteiger partial charge in [-0.1, -0.05) is 24.0 Å². The van der Waals surface area contributed by atoms with Gasteiger partial charge in [0.05, 0.1) is 6.61 Å². The first-order valence-corrected chi connectivity index (χ1v) is 5.38. The normalized spacial score (nSPS) is 21.3. The van der Waals surface area contributed by atoms with Crippen LogP contribution >= 0.6 is 0 Å². The van der Waals surface area contributed by atoms with E-state index in [0.29, 0.717) is 13.0 Å². The summed E-state index contributed by atoms with van der Waals surface area (Å²) in [5, 5.41) is 8.40. The molecule has 0 amide bonds. The van der Waals surface area contributed by atoms with E-state index < -0.39 is 0 Å². The highest BCUT2D eigenvalue weighted by Crippen LogP contribution is 2.13. The highest BCUT2D eigenvalue weighted by atomic mass is 16.7. The van der Waals surface area contributed by atoms with Gasteiger partial charge in [0.1, 0.15) is 6.61 Å².